The SMILES string of the molecule is Nc1cccc(F)c1CNC(=O)c1ccc(Cl)s1. The van der Waals surface area contributed by atoms with Crippen LogP contribution >= 0.6 is 22.9 Å². The van der Waals surface area contributed by atoms with Crippen LogP contribution in [0.25, 0.3) is 0 Å². The Morgan fingerprint density at radius 1 is 1.39 bits per heavy atom. The van der Waals surface area contributed by atoms with Gasteiger partial charge in [0.15, 0.2) is 0 Å². The fourth-order valence-corrected chi connectivity index (χ4v) is 2.41. The average molecular weight is 285 g/mol. The Kier molecular flexibility index (Phi) is 3.84. The second-order valence-corrected chi connectivity index (χ2v) is 5.31. The maximum atomic E-state index is 13.5. The highest BCUT2D eigenvalue weighted by atomic mass is 35.5. The molecule has 3 nitrogen and oxygen atoms in total. The second kappa shape index (κ2) is 5.37. The van der Waals surface area contributed by atoms with E-state index in [0.29, 0.717) is 14.9 Å². The van der Waals surface area contributed by atoms with E-state index in [1.807, 2.05) is 0 Å². The van der Waals surface area contributed by atoms with E-state index in [-0.39, 0.29) is 18.0 Å². The van der Waals surface area contributed by atoms with Crippen LogP contribution < -0.4 is 11.1 Å². The molecule has 0 unspecified atom stereocenters. The molecular formula is C12H10ClFN2OS. The van der Waals surface area contributed by atoms with Gasteiger partial charge in [-0.2, -0.15) is 0 Å². The standard InChI is InChI=1S/C12H10ClFN2OS/c13-11-5-4-10(18-11)12(17)16-6-7-8(14)2-1-3-9(7)15/h1-5H,6,15H2,(H,16,17). The van der Waals surface area contributed by atoms with Crippen LogP contribution in [0.3, 0.4) is 0 Å². The molecule has 1 heterocycles. The Morgan fingerprint density at radius 2 is 2.17 bits per heavy atom. The van der Waals surface area contributed by atoms with Gasteiger partial charge in [-0.3, -0.25) is 4.79 Å². The first kappa shape index (κ1) is 12.9. The number of thiophene rings is 1. The molecule has 0 bridgehead atoms. The highest BCUT2D eigenvalue weighted by molar-refractivity contribution is 7.17. The normalized spacial score (nSPS) is 10.3. The lowest BCUT2D eigenvalue weighted by molar-refractivity contribution is 0.0955. The molecule has 1 aromatic heterocycles. The van der Waals surface area contributed by atoms with Crippen LogP contribution in [0.1, 0.15) is 15.2 Å². The quantitative estimate of drug-likeness (QED) is 0.851. The summed E-state index contributed by atoms with van der Waals surface area (Å²) in [5.41, 5.74) is 6.25. The van der Waals surface area contributed by atoms with Crippen molar-refractivity contribution in [2.24, 2.45) is 0 Å². The lowest BCUT2D eigenvalue weighted by Crippen LogP contribution is -2.23. The number of nitrogens with one attached hydrogen (secondary N) is 1. The number of halogens is 2. The summed E-state index contributed by atoms with van der Waals surface area (Å²) < 4.78 is 14.0. The average Bonchev–Trinajstić information content (AvgIpc) is 2.75. The van der Waals surface area contributed by atoms with Crippen LogP contribution in [-0.4, -0.2) is 5.91 Å². The van der Waals surface area contributed by atoms with Crippen molar-refractivity contribution in [3.8, 4) is 0 Å². The molecule has 0 aliphatic heterocycles. The van der Waals surface area contributed by atoms with Crippen molar-refractivity contribution in [3.05, 3.63) is 50.9 Å². The van der Waals surface area contributed by atoms with Gasteiger partial charge in [0.25, 0.3) is 5.91 Å². The highest BCUT2D eigenvalue weighted by Gasteiger charge is 2.11. The van der Waals surface area contributed by atoms with E-state index in [0.717, 1.165) is 0 Å². The Balaban J connectivity index is 2.06. The van der Waals surface area contributed by atoms with Crippen LogP contribution in [0.4, 0.5) is 10.1 Å². The molecule has 2 rings (SSSR count). The summed E-state index contributed by atoms with van der Waals surface area (Å²) in [5, 5.41) is 2.60. The van der Waals surface area contributed by atoms with Gasteiger partial charge in [0.1, 0.15) is 5.82 Å². The van der Waals surface area contributed by atoms with Crippen molar-refractivity contribution in [1.29, 1.82) is 0 Å². The number of anilines is 1. The van der Waals surface area contributed by atoms with Crippen LogP contribution in [-0.2, 0) is 6.54 Å². The first-order chi connectivity index (χ1) is 8.58. The van der Waals surface area contributed by atoms with E-state index in [1.54, 1.807) is 18.2 Å². The second-order valence-electron chi connectivity index (χ2n) is 3.59. The summed E-state index contributed by atoms with van der Waals surface area (Å²) >= 11 is 6.90. The molecule has 1 amide bonds. The fourth-order valence-electron chi connectivity index (χ4n) is 1.45. The largest absolute Gasteiger partial charge is 0.398 e. The molecule has 0 aliphatic rings. The molecule has 3 N–H and O–H groups in total. The number of nitrogens with two attached hydrogens (primary N) is 1. The summed E-state index contributed by atoms with van der Waals surface area (Å²) in [6, 6.07) is 7.67. The number of hydrogen-bond acceptors (Lipinski definition) is 3. The maximum Gasteiger partial charge on any atom is 0.261 e. The minimum atomic E-state index is -0.431. The van der Waals surface area contributed by atoms with Gasteiger partial charge in [-0.1, -0.05) is 17.7 Å². The van der Waals surface area contributed by atoms with Gasteiger partial charge < -0.3 is 11.1 Å². The van der Waals surface area contributed by atoms with Gasteiger partial charge in [0.2, 0.25) is 0 Å². The zero-order chi connectivity index (χ0) is 13.1. The summed E-state index contributed by atoms with van der Waals surface area (Å²) in [6.45, 7) is 0.0485. The van der Waals surface area contributed by atoms with E-state index >= 15 is 0 Å². The van der Waals surface area contributed by atoms with E-state index < -0.39 is 5.82 Å². The zero-order valence-electron chi connectivity index (χ0n) is 9.24. The molecule has 0 saturated carbocycles. The van der Waals surface area contributed by atoms with E-state index in [1.165, 1.54) is 23.5 Å². The molecule has 0 radical (unpaired) electrons. The highest BCUT2D eigenvalue weighted by Crippen LogP contribution is 2.21. The first-order valence-corrected chi connectivity index (χ1v) is 6.34. The van der Waals surface area contributed by atoms with Crippen LogP contribution in [0.15, 0.2) is 30.3 Å². The predicted octanol–water partition coefficient (Wildman–Crippen LogP) is 3.05. The topological polar surface area (TPSA) is 55.1 Å². The van der Waals surface area contributed by atoms with Gasteiger partial charge >= 0.3 is 0 Å². The van der Waals surface area contributed by atoms with Crippen molar-refractivity contribution in [3.63, 3.8) is 0 Å². The summed E-state index contributed by atoms with van der Waals surface area (Å²) in [7, 11) is 0. The molecule has 2 aromatic rings. The smallest absolute Gasteiger partial charge is 0.261 e. The molecule has 94 valence electrons. The number of amides is 1. The predicted molar refractivity (Wildman–Crippen MR) is 71.3 cm³/mol. The number of carbonyl (C=O) groups excluding carboxylic acids is 1. The summed E-state index contributed by atoms with van der Waals surface area (Å²) in [4.78, 5) is 12.2. The van der Waals surface area contributed by atoms with Gasteiger partial charge in [-0.05, 0) is 24.3 Å². The number of benzene rings is 1. The summed E-state index contributed by atoms with van der Waals surface area (Å²) in [5.74, 6) is -0.728. The monoisotopic (exact) mass is 284 g/mol. The lowest BCUT2D eigenvalue weighted by atomic mass is 10.1. The minimum Gasteiger partial charge on any atom is -0.398 e. The lowest BCUT2D eigenvalue weighted by Gasteiger charge is -2.07. The molecule has 0 atom stereocenters. The van der Waals surface area contributed by atoms with Crippen molar-refractivity contribution in [2.75, 3.05) is 5.73 Å². The van der Waals surface area contributed by atoms with E-state index in [2.05, 4.69) is 5.32 Å². The first-order valence-electron chi connectivity index (χ1n) is 5.14. The third-order valence-electron chi connectivity index (χ3n) is 2.38. The third kappa shape index (κ3) is 2.80. The molecule has 0 fully saturated rings. The van der Waals surface area contributed by atoms with Crippen molar-refractivity contribution in [1.82, 2.24) is 5.32 Å². The molecule has 18 heavy (non-hydrogen) atoms. The number of hydrogen-bond donors (Lipinski definition) is 2. The van der Waals surface area contributed by atoms with E-state index in [4.69, 9.17) is 17.3 Å². The van der Waals surface area contributed by atoms with E-state index in [9.17, 15) is 9.18 Å². The fraction of sp³-hybridized carbons (Fsp3) is 0.0833. The van der Waals surface area contributed by atoms with Gasteiger partial charge in [-0.15, -0.1) is 11.3 Å². The molecule has 1 aromatic carbocycles. The van der Waals surface area contributed by atoms with Crippen molar-refractivity contribution >= 4 is 34.5 Å². The van der Waals surface area contributed by atoms with Crippen LogP contribution in [0.5, 0.6) is 0 Å². The van der Waals surface area contributed by atoms with Crippen LogP contribution in [0, 0.1) is 5.82 Å². The van der Waals surface area contributed by atoms with Gasteiger partial charge in [0, 0.05) is 17.8 Å². The summed E-state index contributed by atoms with van der Waals surface area (Å²) in [6.07, 6.45) is 0. The van der Waals surface area contributed by atoms with Crippen molar-refractivity contribution in [2.45, 2.75) is 6.54 Å². The number of carbonyl (C=O) groups is 1. The van der Waals surface area contributed by atoms with Crippen LogP contribution in [0.2, 0.25) is 4.34 Å². The molecule has 0 saturated heterocycles. The van der Waals surface area contributed by atoms with Gasteiger partial charge in [0.05, 0.1) is 9.21 Å². The van der Waals surface area contributed by atoms with Crippen molar-refractivity contribution < 1.29 is 9.18 Å². The minimum absolute atomic E-state index is 0.0485. The van der Waals surface area contributed by atoms with Gasteiger partial charge in [-0.25, -0.2) is 4.39 Å². The maximum absolute atomic E-state index is 13.5. The Labute approximate surface area is 112 Å². The Bertz CT molecular complexity index is 565. The Morgan fingerprint density at radius 3 is 2.78 bits per heavy atom. The molecular weight excluding hydrogens is 275 g/mol. The zero-order valence-corrected chi connectivity index (χ0v) is 10.8. The number of nitrogen functional groups attached to an aromatic ring is 1. The third-order valence-corrected chi connectivity index (χ3v) is 3.61. The molecule has 0 spiro atoms. The molecule has 6 heteroatoms. The number of rotatable bonds is 3. The Hall–Kier alpha value is -1.59. The molecule has 0 aliphatic carbocycles.